The molecule has 0 saturated heterocycles. The molecule has 0 unspecified atom stereocenters. The first kappa shape index (κ1) is 259. The van der Waals surface area contributed by atoms with Crippen LogP contribution in [0, 0.1) is 0 Å². The molecule has 0 aliphatic carbocycles. The summed E-state index contributed by atoms with van der Waals surface area (Å²) in [5, 5.41) is 0. The minimum absolute atomic E-state index is 0. The van der Waals surface area contributed by atoms with Gasteiger partial charge in [0.25, 0.3) is 0 Å². The molecule has 0 amide bonds. The van der Waals surface area contributed by atoms with Crippen LogP contribution in [0.25, 0.3) is 0 Å². The molecule has 0 saturated carbocycles. The largest absolute Gasteiger partial charge is 4.00 e. The van der Waals surface area contributed by atoms with Gasteiger partial charge in [-0.2, -0.15) is 0 Å². The standard InChI is InChI=1S/4ClH.3H2O.Os/h4*1H;3*1H2;/q;;;;;;;+4/p-4. The molecule has 8 heteroatoms. The Hall–Kier alpha value is 1.68. The first-order valence-electron chi connectivity index (χ1n) is 0. The second-order valence-electron chi connectivity index (χ2n) is 0. The van der Waals surface area contributed by atoms with Gasteiger partial charge in [0.1, 0.15) is 0 Å². The van der Waals surface area contributed by atoms with Crippen LogP contribution in [-0.4, -0.2) is 16.4 Å². The third-order valence-electron chi connectivity index (χ3n) is 0. The smallest absolute Gasteiger partial charge is 1.00 e. The molecule has 6 N–H and O–H groups in total. The fourth-order valence-corrected chi connectivity index (χ4v) is 0. The Kier molecular flexibility index (Phi) is 5890. The zero-order valence-corrected chi connectivity index (χ0v) is 8.93. The zero-order chi connectivity index (χ0) is 0. The van der Waals surface area contributed by atoms with Crippen LogP contribution in [0.15, 0.2) is 0 Å². The molecular weight excluding hydrogens is 380 g/mol. The van der Waals surface area contributed by atoms with E-state index >= 15 is 0 Å². The van der Waals surface area contributed by atoms with Crippen molar-refractivity contribution in [3.63, 3.8) is 0 Å². The number of hydrogen-bond donors (Lipinski definition) is 0. The molecule has 8 heavy (non-hydrogen) atoms. The van der Waals surface area contributed by atoms with E-state index < -0.39 is 0 Å². The quantitative estimate of drug-likeness (QED) is 0.396. The van der Waals surface area contributed by atoms with Crippen molar-refractivity contribution in [3.8, 4) is 0 Å². The van der Waals surface area contributed by atoms with Crippen molar-refractivity contribution in [2.24, 2.45) is 0 Å². The first-order valence-corrected chi connectivity index (χ1v) is 0. The van der Waals surface area contributed by atoms with Gasteiger partial charge in [0.15, 0.2) is 0 Å². The Bertz CT molecular complexity index is 11.2. The van der Waals surface area contributed by atoms with Crippen molar-refractivity contribution in [3.05, 3.63) is 0 Å². The van der Waals surface area contributed by atoms with Crippen molar-refractivity contribution in [2.75, 3.05) is 0 Å². The van der Waals surface area contributed by atoms with Gasteiger partial charge < -0.3 is 66.1 Å². The van der Waals surface area contributed by atoms with Crippen molar-refractivity contribution in [1.82, 2.24) is 0 Å². The van der Waals surface area contributed by atoms with Crippen molar-refractivity contribution in [2.45, 2.75) is 0 Å². The summed E-state index contributed by atoms with van der Waals surface area (Å²) in [5.74, 6) is 0. The van der Waals surface area contributed by atoms with Crippen molar-refractivity contribution < 1.29 is 85.8 Å². The van der Waals surface area contributed by atoms with E-state index in [0.717, 1.165) is 0 Å². The molecule has 0 rings (SSSR count). The minimum Gasteiger partial charge on any atom is -1.00 e. The van der Waals surface area contributed by atoms with E-state index in [1.54, 1.807) is 0 Å². The molecular formula is H6Cl4O3Os. The van der Waals surface area contributed by atoms with Gasteiger partial charge in [0.05, 0.1) is 0 Å². The molecule has 0 aromatic carbocycles. The van der Waals surface area contributed by atoms with E-state index in [1.807, 2.05) is 0 Å². The average Bonchev–Trinajstić information content (AvgIpc) is 0. The summed E-state index contributed by atoms with van der Waals surface area (Å²) in [6, 6.07) is 0. The summed E-state index contributed by atoms with van der Waals surface area (Å²) >= 11 is 0. The van der Waals surface area contributed by atoms with Crippen LogP contribution in [-0.2, 0) is 19.8 Å². The maximum Gasteiger partial charge on any atom is 4.00 e. The molecule has 0 spiro atoms. The van der Waals surface area contributed by atoms with Crippen molar-refractivity contribution >= 4 is 0 Å². The van der Waals surface area contributed by atoms with E-state index in [9.17, 15) is 0 Å². The van der Waals surface area contributed by atoms with E-state index in [-0.39, 0.29) is 85.8 Å². The third-order valence-corrected chi connectivity index (χ3v) is 0. The van der Waals surface area contributed by atoms with Gasteiger partial charge in [-0.1, -0.05) is 0 Å². The Morgan fingerprint density at radius 1 is 0.375 bits per heavy atom. The summed E-state index contributed by atoms with van der Waals surface area (Å²) in [7, 11) is 0. The molecule has 0 aliphatic rings. The Balaban J connectivity index is 0. The Morgan fingerprint density at radius 3 is 0.375 bits per heavy atom. The third kappa shape index (κ3) is 122. The normalized spacial score (nSPS) is 0. The van der Waals surface area contributed by atoms with Crippen LogP contribution in [0.5, 0.6) is 0 Å². The number of rotatable bonds is 0. The maximum absolute atomic E-state index is 0. The molecule has 0 aliphatic heterocycles. The zero-order valence-electron chi connectivity index (χ0n) is 3.37. The minimum atomic E-state index is 0. The fourth-order valence-electron chi connectivity index (χ4n) is 0. The molecule has 3 nitrogen and oxygen atoms in total. The molecule has 0 fully saturated rings. The molecule has 60 valence electrons. The summed E-state index contributed by atoms with van der Waals surface area (Å²) in [6.45, 7) is 0. The first-order chi connectivity index (χ1) is 0. The van der Waals surface area contributed by atoms with Crippen LogP contribution >= 0.6 is 0 Å². The summed E-state index contributed by atoms with van der Waals surface area (Å²) in [4.78, 5) is 0. The van der Waals surface area contributed by atoms with E-state index in [2.05, 4.69) is 0 Å². The summed E-state index contributed by atoms with van der Waals surface area (Å²) in [6.07, 6.45) is 0. The molecule has 0 atom stereocenters. The second-order valence-corrected chi connectivity index (χ2v) is 0. The predicted molar refractivity (Wildman–Crippen MR) is 10.8 cm³/mol. The molecule has 0 aromatic rings. The van der Waals surface area contributed by atoms with Gasteiger partial charge in [-0.05, 0) is 0 Å². The second kappa shape index (κ2) is 182. The Labute approximate surface area is 85.6 Å². The van der Waals surface area contributed by atoms with Gasteiger partial charge in [-0.15, -0.1) is 0 Å². The van der Waals surface area contributed by atoms with Crippen LogP contribution < -0.4 is 49.6 Å². The Morgan fingerprint density at radius 2 is 0.375 bits per heavy atom. The van der Waals surface area contributed by atoms with E-state index in [0.29, 0.717) is 0 Å². The molecule has 0 heterocycles. The predicted octanol–water partition coefficient (Wildman–Crippen LogP) is -14.5. The van der Waals surface area contributed by atoms with Crippen LogP contribution in [0.4, 0.5) is 0 Å². The van der Waals surface area contributed by atoms with Gasteiger partial charge in [-0.3, -0.25) is 0 Å². The number of halogens is 4. The number of hydrogen-bond acceptors (Lipinski definition) is 0. The van der Waals surface area contributed by atoms with Crippen LogP contribution in [0.2, 0.25) is 0 Å². The van der Waals surface area contributed by atoms with Gasteiger partial charge in [0.2, 0.25) is 0 Å². The monoisotopic (exact) mass is 386 g/mol. The van der Waals surface area contributed by atoms with Crippen LogP contribution in [0.3, 0.4) is 0 Å². The maximum atomic E-state index is 0. The van der Waals surface area contributed by atoms with Gasteiger partial charge in [-0.25, -0.2) is 0 Å². The van der Waals surface area contributed by atoms with Gasteiger partial charge >= 0.3 is 19.8 Å². The summed E-state index contributed by atoms with van der Waals surface area (Å²) < 4.78 is 0. The van der Waals surface area contributed by atoms with Gasteiger partial charge in [0, 0.05) is 0 Å². The molecule has 0 radical (unpaired) electrons. The fraction of sp³-hybridized carbons (Fsp3) is 0. The van der Waals surface area contributed by atoms with E-state index in [4.69, 9.17) is 0 Å². The van der Waals surface area contributed by atoms with Crippen LogP contribution in [0.1, 0.15) is 0 Å². The SMILES string of the molecule is O.O.O.[Cl-].[Cl-].[Cl-].[Cl-].[Os+4]. The van der Waals surface area contributed by atoms with Crippen molar-refractivity contribution in [1.29, 1.82) is 0 Å². The average molecular weight is 386 g/mol. The molecule has 0 aromatic heterocycles. The topological polar surface area (TPSA) is 94.5 Å². The summed E-state index contributed by atoms with van der Waals surface area (Å²) in [5.41, 5.74) is 0. The van der Waals surface area contributed by atoms with E-state index in [1.165, 1.54) is 0 Å². The molecule has 0 bridgehead atoms.